The average molecular weight is 337 g/mol. The number of nitrogens with zero attached hydrogens (tertiary/aromatic N) is 1. The van der Waals surface area contributed by atoms with E-state index in [0.29, 0.717) is 18.8 Å². The van der Waals surface area contributed by atoms with Crippen molar-refractivity contribution in [1.82, 2.24) is 4.40 Å². The van der Waals surface area contributed by atoms with Crippen LogP contribution in [-0.4, -0.2) is 23.6 Å². The van der Waals surface area contributed by atoms with E-state index in [-0.39, 0.29) is 12.1 Å². The highest BCUT2D eigenvalue weighted by atomic mass is 16.5. The number of ether oxygens (including phenoxy) is 2. The van der Waals surface area contributed by atoms with Gasteiger partial charge in [0, 0.05) is 12.8 Å². The van der Waals surface area contributed by atoms with Gasteiger partial charge in [-0.2, -0.15) is 0 Å². The molecule has 0 fully saturated rings. The second-order valence-electron chi connectivity index (χ2n) is 5.85. The summed E-state index contributed by atoms with van der Waals surface area (Å²) >= 11 is 0. The number of carbonyl (C=O) groups excluding carboxylic acids is 1. The zero-order valence-electron chi connectivity index (χ0n) is 14.9. The van der Waals surface area contributed by atoms with Crippen LogP contribution in [-0.2, 0) is 9.47 Å². The van der Waals surface area contributed by atoms with Gasteiger partial charge in [-0.05, 0) is 50.1 Å². The lowest BCUT2D eigenvalue weighted by Crippen LogP contribution is -2.10. The molecule has 2 heterocycles. The minimum atomic E-state index is -0.308. The fourth-order valence-electron chi connectivity index (χ4n) is 3.14. The van der Waals surface area contributed by atoms with Crippen LogP contribution in [0.25, 0.3) is 5.52 Å². The van der Waals surface area contributed by atoms with E-state index in [1.807, 2.05) is 60.8 Å². The molecular weight excluding hydrogens is 314 g/mol. The third-order valence-corrected chi connectivity index (χ3v) is 4.27. The second-order valence-corrected chi connectivity index (χ2v) is 5.85. The number of fused-ring (bicyclic) bond motifs is 1. The maximum atomic E-state index is 12.4. The molecule has 4 nitrogen and oxygen atoms in total. The highest BCUT2D eigenvalue weighted by molar-refractivity contribution is 5.97. The highest BCUT2D eigenvalue weighted by Crippen LogP contribution is 2.32. The van der Waals surface area contributed by atoms with E-state index in [2.05, 4.69) is 19.1 Å². The number of hydrogen-bond donors (Lipinski definition) is 0. The van der Waals surface area contributed by atoms with Crippen LogP contribution in [0, 0.1) is 6.92 Å². The first-order valence-electron chi connectivity index (χ1n) is 8.61. The molecule has 3 aromatic rings. The number of aryl methyl sites for hydroxylation is 1. The Morgan fingerprint density at radius 3 is 2.56 bits per heavy atom. The number of esters is 1. The molecule has 130 valence electrons. The van der Waals surface area contributed by atoms with Gasteiger partial charge in [0.15, 0.2) is 0 Å². The number of pyridine rings is 1. The van der Waals surface area contributed by atoms with E-state index < -0.39 is 0 Å². The Hall–Kier alpha value is -2.59. The summed E-state index contributed by atoms with van der Waals surface area (Å²) in [5.74, 6) is -0.308. The van der Waals surface area contributed by atoms with Crippen LogP contribution in [0.3, 0.4) is 0 Å². The van der Waals surface area contributed by atoms with Crippen molar-refractivity contribution in [3.8, 4) is 0 Å². The molecule has 3 rings (SSSR count). The highest BCUT2D eigenvalue weighted by Gasteiger charge is 2.24. The van der Waals surface area contributed by atoms with Crippen molar-refractivity contribution in [2.45, 2.75) is 26.9 Å². The van der Waals surface area contributed by atoms with Gasteiger partial charge in [-0.25, -0.2) is 4.79 Å². The topological polar surface area (TPSA) is 39.9 Å². The van der Waals surface area contributed by atoms with Crippen LogP contribution in [0.4, 0.5) is 0 Å². The number of benzene rings is 1. The Kier molecular flexibility index (Phi) is 5.19. The van der Waals surface area contributed by atoms with Crippen molar-refractivity contribution in [1.29, 1.82) is 0 Å². The molecule has 0 bridgehead atoms. The smallest absolute Gasteiger partial charge is 0.340 e. The van der Waals surface area contributed by atoms with Gasteiger partial charge in [0.05, 0.1) is 23.4 Å². The SMILES string of the molecule is CCOC(=O)c1cc(C(OCC)c2ccccc2C)n2ccccc12. The molecule has 2 aromatic heterocycles. The van der Waals surface area contributed by atoms with Crippen LogP contribution >= 0.6 is 0 Å². The molecule has 0 amide bonds. The summed E-state index contributed by atoms with van der Waals surface area (Å²) in [6.45, 7) is 6.79. The summed E-state index contributed by atoms with van der Waals surface area (Å²) in [4.78, 5) is 12.4. The fourth-order valence-corrected chi connectivity index (χ4v) is 3.14. The molecule has 1 atom stereocenters. The summed E-state index contributed by atoms with van der Waals surface area (Å²) in [6.07, 6.45) is 1.71. The van der Waals surface area contributed by atoms with E-state index >= 15 is 0 Å². The number of aromatic nitrogens is 1. The Morgan fingerprint density at radius 1 is 1.08 bits per heavy atom. The summed E-state index contributed by atoms with van der Waals surface area (Å²) in [5, 5.41) is 0. The lowest BCUT2D eigenvalue weighted by molar-refractivity contribution is 0.0528. The average Bonchev–Trinajstić information content (AvgIpc) is 3.00. The van der Waals surface area contributed by atoms with E-state index in [1.165, 1.54) is 0 Å². The van der Waals surface area contributed by atoms with Crippen molar-refractivity contribution >= 4 is 11.5 Å². The first kappa shape index (κ1) is 17.2. The Bertz CT molecular complexity index is 882. The zero-order chi connectivity index (χ0) is 17.8. The summed E-state index contributed by atoms with van der Waals surface area (Å²) in [5.41, 5.74) is 4.58. The summed E-state index contributed by atoms with van der Waals surface area (Å²) < 4.78 is 13.3. The van der Waals surface area contributed by atoms with Gasteiger partial charge >= 0.3 is 5.97 Å². The van der Waals surface area contributed by atoms with E-state index in [4.69, 9.17) is 9.47 Å². The van der Waals surface area contributed by atoms with Gasteiger partial charge in [0.1, 0.15) is 6.10 Å². The lowest BCUT2D eigenvalue weighted by atomic mass is 10.0. The molecule has 0 radical (unpaired) electrons. The van der Waals surface area contributed by atoms with Gasteiger partial charge in [0.25, 0.3) is 0 Å². The van der Waals surface area contributed by atoms with Crippen molar-refractivity contribution in [2.24, 2.45) is 0 Å². The molecule has 1 aromatic carbocycles. The monoisotopic (exact) mass is 337 g/mol. The van der Waals surface area contributed by atoms with Crippen molar-refractivity contribution < 1.29 is 14.3 Å². The van der Waals surface area contributed by atoms with E-state index in [1.54, 1.807) is 0 Å². The Morgan fingerprint density at radius 2 is 1.84 bits per heavy atom. The Labute approximate surface area is 148 Å². The standard InChI is InChI=1S/C21H23NO3/c1-4-24-20(16-11-7-6-10-15(16)3)19-14-17(21(23)25-5-2)18-12-8-9-13-22(18)19/h6-14,20H,4-5H2,1-3H3. The van der Waals surface area contributed by atoms with Gasteiger partial charge in [-0.1, -0.05) is 30.3 Å². The largest absolute Gasteiger partial charge is 0.462 e. The second kappa shape index (κ2) is 7.53. The predicted molar refractivity (Wildman–Crippen MR) is 98.0 cm³/mol. The van der Waals surface area contributed by atoms with Gasteiger partial charge in [0.2, 0.25) is 0 Å². The number of rotatable bonds is 6. The molecular formula is C21H23NO3. The minimum absolute atomic E-state index is 0.246. The third-order valence-electron chi connectivity index (χ3n) is 4.27. The van der Waals surface area contributed by atoms with Gasteiger partial charge in [-0.15, -0.1) is 0 Å². The molecule has 4 heteroatoms. The van der Waals surface area contributed by atoms with Gasteiger partial charge in [-0.3, -0.25) is 0 Å². The van der Waals surface area contributed by atoms with E-state index in [0.717, 1.165) is 22.3 Å². The Balaban J connectivity index is 2.18. The molecule has 0 saturated carbocycles. The molecule has 0 aliphatic carbocycles. The maximum Gasteiger partial charge on any atom is 0.340 e. The van der Waals surface area contributed by atoms with E-state index in [9.17, 15) is 4.79 Å². The van der Waals surface area contributed by atoms with Crippen LogP contribution in [0.15, 0.2) is 54.7 Å². The molecule has 25 heavy (non-hydrogen) atoms. The molecule has 0 N–H and O–H groups in total. The van der Waals surface area contributed by atoms with Crippen molar-refractivity contribution in [3.05, 3.63) is 77.1 Å². The summed E-state index contributed by atoms with van der Waals surface area (Å²) in [6, 6.07) is 15.9. The molecule has 0 spiro atoms. The lowest BCUT2D eigenvalue weighted by Gasteiger charge is -2.20. The third kappa shape index (κ3) is 3.30. The van der Waals surface area contributed by atoms with Crippen LogP contribution < -0.4 is 0 Å². The van der Waals surface area contributed by atoms with Crippen molar-refractivity contribution in [3.63, 3.8) is 0 Å². The summed E-state index contributed by atoms with van der Waals surface area (Å²) in [7, 11) is 0. The van der Waals surface area contributed by atoms with Gasteiger partial charge < -0.3 is 13.9 Å². The van der Waals surface area contributed by atoms with Crippen LogP contribution in [0.2, 0.25) is 0 Å². The molecule has 0 aliphatic rings. The number of hydrogen-bond acceptors (Lipinski definition) is 3. The predicted octanol–water partition coefficient (Wildman–Crippen LogP) is 4.55. The molecule has 1 unspecified atom stereocenters. The molecule has 0 aliphatic heterocycles. The minimum Gasteiger partial charge on any atom is -0.462 e. The fraction of sp³-hybridized carbons (Fsp3) is 0.286. The van der Waals surface area contributed by atoms with Crippen molar-refractivity contribution in [2.75, 3.05) is 13.2 Å². The quantitative estimate of drug-likeness (QED) is 0.620. The normalized spacial score (nSPS) is 12.3. The first-order valence-corrected chi connectivity index (χ1v) is 8.61. The van der Waals surface area contributed by atoms with Crippen LogP contribution in [0.5, 0.6) is 0 Å². The maximum absolute atomic E-state index is 12.4. The first-order chi connectivity index (χ1) is 12.2. The zero-order valence-corrected chi connectivity index (χ0v) is 14.9. The number of carbonyl (C=O) groups is 1. The van der Waals surface area contributed by atoms with Crippen LogP contribution in [0.1, 0.15) is 47.1 Å². The molecule has 0 saturated heterocycles.